The SMILES string of the molecule is CCCOc1ccc(-c2ccc(CC(C)=O)cc2)cc1. The number of Topliss-reactive ketones (excluding diaryl/α,β-unsaturated/α-hetero) is 1. The average Bonchev–Trinajstić information content (AvgIpc) is 2.46. The van der Waals surface area contributed by atoms with Gasteiger partial charge >= 0.3 is 0 Å². The fraction of sp³-hybridized carbons (Fsp3) is 0.278. The number of hydrogen-bond donors (Lipinski definition) is 0. The lowest BCUT2D eigenvalue weighted by Crippen LogP contribution is -1.95. The van der Waals surface area contributed by atoms with Crippen molar-refractivity contribution in [3.8, 4) is 16.9 Å². The Bertz CT molecular complexity index is 553. The zero-order chi connectivity index (χ0) is 14.4. The first-order valence-electron chi connectivity index (χ1n) is 7.00. The molecule has 0 bridgehead atoms. The van der Waals surface area contributed by atoms with Crippen LogP contribution in [-0.4, -0.2) is 12.4 Å². The monoisotopic (exact) mass is 268 g/mol. The van der Waals surface area contributed by atoms with Crippen molar-refractivity contribution in [1.82, 2.24) is 0 Å². The number of ether oxygens (including phenoxy) is 1. The topological polar surface area (TPSA) is 26.3 Å². The van der Waals surface area contributed by atoms with Crippen molar-refractivity contribution in [3.05, 3.63) is 54.1 Å². The summed E-state index contributed by atoms with van der Waals surface area (Å²) < 4.78 is 5.57. The molecule has 2 heteroatoms. The van der Waals surface area contributed by atoms with Crippen LogP contribution >= 0.6 is 0 Å². The highest BCUT2D eigenvalue weighted by molar-refractivity contribution is 5.78. The molecule has 2 rings (SSSR count). The van der Waals surface area contributed by atoms with Gasteiger partial charge in [-0.1, -0.05) is 43.3 Å². The van der Waals surface area contributed by atoms with Crippen LogP contribution in [0.1, 0.15) is 25.8 Å². The summed E-state index contributed by atoms with van der Waals surface area (Å²) in [7, 11) is 0. The maximum atomic E-state index is 11.1. The second kappa shape index (κ2) is 6.90. The van der Waals surface area contributed by atoms with Crippen molar-refractivity contribution in [2.24, 2.45) is 0 Å². The molecule has 0 aromatic heterocycles. The Labute approximate surface area is 120 Å². The van der Waals surface area contributed by atoms with E-state index in [9.17, 15) is 4.79 Å². The van der Waals surface area contributed by atoms with E-state index < -0.39 is 0 Å². The van der Waals surface area contributed by atoms with Gasteiger partial charge in [-0.15, -0.1) is 0 Å². The molecule has 104 valence electrons. The van der Waals surface area contributed by atoms with Crippen LogP contribution in [0.4, 0.5) is 0 Å². The first kappa shape index (κ1) is 14.3. The molecule has 0 heterocycles. The van der Waals surface area contributed by atoms with Gasteiger partial charge in [-0.3, -0.25) is 4.79 Å². The third-order valence-corrected chi connectivity index (χ3v) is 3.07. The molecule has 2 aromatic rings. The molecule has 0 radical (unpaired) electrons. The summed E-state index contributed by atoms with van der Waals surface area (Å²) in [5.74, 6) is 1.10. The normalized spacial score (nSPS) is 10.3. The minimum Gasteiger partial charge on any atom is -0.494 e. The minimum atomic E-state index is 0.190. The summed E-state index contributed by atoms with van der Waals surface area (Å²) in [6.45, 7) is 4.46. The molecule has 0 aliphatic heterocycles. The predicted molar refractivity (Wildman–Crippen MR) is 82.0 cm³/mol. The summed E-state index contributed by atoms with van der Waals surface area (Å²) in [6.07, 6.45) is 1.52. The van der Waals surface area contributed by atoms with Crippen molar-refractivity contribution in [1.29, 1.82) is 0 Å². The van der Waals surface area contributed by atoms with Crippen LogP contribution in [0.15, 0.2) is 48.5 Å². The van der Waals surface area contributed by atoms with Gasteiger partial charge in [-0.25, -0.2) is 0 Å². The van der Waals surface area contributed by atoms with Crippen LogP contribution in [0.3, 0.4) is 0 Å². The van der Waals surface area contributed by atoms with E-state index in [0.717, 1.165) is 35.5 Å². The average molecular weight is 268 g/mol. The van der Waals surface area contributed by atoms with Gasteiger partial charge in [0, 0.05) is 6.42 Å². The van der Waals surface area contributed by atoms with Gasteiger partial charge in [0.1, 0.15) is 11.5 Å². The van der Waals surface area contributed by atoms with E-state index in [1.807, 2.05) is 24.3 Å². The Kier molecular flexibility index (Phi) is 4.94. The van der Waals surface area contributed by atoms with Crippen molar-refractivity contribution in [2.45, 2.75) is 26.7 Å². The molecule has 0 saturated carbocycles. The molecule has 2 aromatic carbocycles. The number of hydrogen-bond acceptors (Lipinski definition) is 2. The zero-order valence-corrected chi connectivity index (χ0v) is 12.1. The van der Waals surface area contributed by atoms with Gasteiger partial charge in [0.2, 0.25) is 0 Å². The smallest absolute Gasteiger partial charge is 0.134 e. The number of ketones is 1. The van der Waals surface area contributed by atoms with Crippen LogP contribution in [0.25, 0.3) is 11.1 Å². The Morgan fingerprint density at radius 3 is 2.00 bits per heavy atom. The van der Waals surface area contributed by atoms with Gasteiger partial charge in [0.05, 0.1) is 6.61 Å². The lowest BCUT2D eigenvalue weighted by Gasteiger charge is -2.07. The molecule has 0 atom stereocenters. The summed E-state index contributed by atoms with van der Waals surface area (Å²) in [6, 6.07) is 16.2. The first-order valence-corrected chi connectivity index (χ1v) is 7.00. The summed E-state index contributed by atoms with van der Waals surface area (Å²) in [4.78, 5) is 11.1. The first-order chi connectivity index (χ1) is 9.69. The highest BCUT2D eigenvalue weighted by Crippen LogP contribution is 2.23. The molecule has 0 fully saturated rings. The van der Waals surface area contributed by atoms with E-state index in [-0.39, 0.29) is 5.78 Å². The molecule has 2 nitrogen and oxygen atoms in total. The third-order valence-electron chi connectivity index (χ3n) is 3.07. The molecule has 0 unspecified atom stereocenters. The molecular formula is C18H20O2. The molecule has 0 spiro atoms. The fourth-order valence-corrected chi connectivity index (χ4v) is 2.07. The number of carbonyl (C=O) groups excluding carboxylic acids is 1. The van der Waals surface area contributed by atoms with E-state index in [2.05, 4.69) is 31.2 Å². The lowest BCUT2D eigenvalue weighted by atomic mass is 10.0. The maximum absolute atomic E-state index is 11.1. The van der Waals surface area contributed by atoms with Crippen LogP contribution in [0, 0.1) is 0 Å². The van der Waals surface area contributed by atoms with Crippen LogP contribution in [-0.2, 0) is 11.2 Å². The molecule has 0 amide bonds. The second-order valence-electron chi connectivity index (χ2n) is 4.95. The summed E-state index contributed by atoms with van der Waals surface area (Å²) in [5, 5.41) is 0. The van der Waals surface area contributed by atoms with Crippen molar-refractivity contribution >= 4 is 5.78 Å². The van der Waals surface area contributed by atoms with Crippen molar-refractivity contribution < 1.29 is 9.53 Å². The Morgan fingerprint density at radius 1 is 0.950 bits per heavy atom. The maximum Gasteiger partial charge on any atom is 0.134 e. The van der Waals surface area contributed by atoms with Crippen molar-refractivity contribution in [3.63, 3.8) is 0 Å². The standard InChI is InChI=1S/C18H20O2/c1-3-12-20-18-10-8-17(9-11-18)16-6-4-15(5-7-16)13-14(2)19/h4-11H,3,12-13H2,1-2H3. The number of rotatable bonds is 6. The second-order valence-corrected chi connectivity index (χ2v) is 4.95. The van der Waals surface area contributed by atoms with E-state index in [4.69, 9.17) is 4.74 Å². The Morgan fingerprint density at radius 2 is 1.50 bits per heavy atom. The molecular weight excluding hydrogens is 248 g/mol. The van der Waals surface area contributed by atoms with E-state index >= 15 is 0 Å². The van der Waals surface area contributed by atoms with E-state index in [0.29, 0.717) is 6.42 Å². The molecule has 0 N–H and O–H groups in total. The number of carbonyl (C=O) groups is 1. The van der Waals surface area contributed by atoms with Crippen LogP contribution in [0.5, 0.6) is 5.75 Å². The summed E-state index contributed by atoms with van der Waals surface area (Å²) in [5.41, 5.74) is 3.37. The Balaban J connectivity index is 2.09. The van der Waals surface area contributed by atoms with Crippen molar-refractivity contribution in [2.75, 3.05) is 6.61 Å². The Hall–Kier alpha value is -2.09. The highest BCUT2D eigenvalue weighted by Gasteiger charge is 2.01. The zero-order valence-electron chi connectivity index (χ0n) is 12.1. The lowest BCUT2D eigenvalue weighted by molar-refractivity contribution is -0.116. The summed E-state index contributed by atoms with van der Waals surface area (Å²) >= 11 is 0. The van der Waals surface area contributed by atoms with E-state index in [1.54, 1.807) is 6.92 Å². The highest BCUT2D eigenvalue weighted by atomic mass is 16.5. The van der Waals surface area contributed by atoms with Gasteiger partial charge in [-0.05, 0) is 42.2 Å². The molecule has 0 aliphatic carbocycles. The van der Waals surface area contributed by atoms with Crippen LogP contribution in [0.2, 0.25) is 0 Å². The molecule has 0 saturated heterocycles. The largest absolute Gasteiger partial charge is 0.494 e. The fourth-order valence-electron chi connectivity index (χ4n) is 2.07. The van der Waals surface area contributed by atoms with E-state index in [1.165, 1.54) is 0 Å². The molecule has 20 heavy (non-hydrogen) atoms. The van der Waals surface area contributed by atoms with Gasteiger partial charge < -0.3 is 4.74 Å². The quantitative estimate of drug-likeness (QED) is 0.782. The minimum absolute atomic E-state index is 0.190. The van der Waals surface area contributed by atoms with Gasteiger partial charge in [-0.2, -0.15) is 0 Å². The van der Waals surface area contributed by atoms with Gasteiger partial charge in [0.25, 0.3) is 0 Å². The molecule has 0 aliphatic rings. The predicted octanol–water partition coefficient (Wildman–Crippen LogP) is 4.27. The van der Waals surface area contributed by atoms with Gasteiger partial charge in [0.15, 0.2) is 0 Å². The third kappa shape index (κ3) is 3.95. The van der Waals surface area contributed by atoms with Crippen LogP contribution < -0.4 is 4.74 Å². The number of benzene rings is 2.